The summed E-state index contributed by atoms with van der Waals surface area (Å²) in [7, 11) is 0. The molecule has 3 heteroatoms. The number of ketones is 1. The van der Waals surface area contributed by atoms with Gasteiger partial charge in [0.1, 0.15) is 5.82 Å². The number of imidazole rings is 1. The van der Waals surface area contributed by atoms with Crippen LogP contribution in [-0.2, 0) is 12.8 Å². The van der Waals surface area contributed by atoms with E-state index in [0.717, 1.165) is 36.1 Å². The van der Waals surface area contributed by atoms with E-state index < -0.39 is 0 Å². The maximum absolute atomic E-state index is 12.8. The number of nitrogens with zero attached hydrogens (tertiary/aromatic N) is 1. The fraction of sp³-hybridized carbons (Fsp3) is 0.200. The first-order valence-electron chi connectivity index (χ1n) is 9.92. The lowest BCUT2D eigenvalue weighted by Crippen LogP contribution is -2.01. The molecule has 0 radical (unpaired) electrons. The van der Waals surface area contributed by atoms with Crippen LogP contribution in [0.25, 0.3) is 11.0 Å². The maximum atomic E-state index is 12.8. The first-order chi connectivity index (χ1) is 13.8. The summed E-state index contributed by atoms with van der Waals surface area (Å²) in [5, 5.41) is 0. The van der Waals surface area contributed by atoms with Gasteiger partial charge in [0.25, 0.3) is 0 Å². The minimum absolute atomic E-state index is 0.0205. The molecule has 0 atom stereocenters. The first kappa shape index (κ1) is 18.2. The molecular weight excluding hydrogens is 344 g/mol. The monoisotopic (exact) mass is 368 g/mol. The predicted molar refractivity (Wildman–Crippen MR) is 114 cm³/mol. The zero-order valence-corrected chi connectivity index (χ0v) is 15.9. The summed E-state index contributed by atoms with van der Waals surface area (Å²) < 4.78 is 0. The molecule has 0 amide bonds. The number of unbranched alkanes of at least 4 members (excludes halogenated alkanes) is 2. The van der Waals surface area contributed by atoms with Crippen LogP contribution in [-0.4, -0.2) is 15.8 Å². The predicted octanol–water partition coefficient (Wildman–Crippen LogP) is 5.75. The Morgan fingerprint density at radius 3 is 2.25 bits per heavy atom. The summed E-state index contributed by atoms with van der Waals surface area (Å²) in [5.74, 6) is 0.982. The number of aromatic amines is 1. The van der Waals surface area contributed by atoms with E-state index in [1.54, 1.807) is 0 Å². The molecule has 0 aliphatic carbocycles. The summed E-state index contributed by atoms with van der Waals surface area (Å²) in [4.78, 5) is 21.0. The van der Waals surface area contributed by atoms with Crippen LogP contribution in [0.4, 0.5) is 0 Å². The molecule has 0 saturated carbocycles. The fourth-order valence-corrected chi connectivity index (χ4v) is 3.57. The van der Waals surface area contributed by atoms with Gasteiger partial charge < -0.3 is 4.98 Å². The van der Waals surface area contributed by atoms with Crippen LogP contribution in [0, 0.1) is 0 Å². The molecule has 28 heavy (non-hydrogen) atoms. The van der Waals surface area contributed by atoms with Crippen LogP contribution >= 0.6 is 0 Å². The highest BCUT2D eigenvalue weighted by Crippen LogP contribution is 2.21. The molecule has 0 bridgehead atoms. The zero-order valence-electron chi connectivity index (χ0n) is 15.9. The third-order valence-corrected chi connectivity index (χ3v) is 5.06. The average Bonchev–Trinajstić information content (AvgIpc) is 3.17. The quantitative estimate of drug-likeness (QED) is 0.318. The van der Waals surface area contributed by atoms with Crippen molar-refractivity contribution < 1.29 is 4.79 Å². The largest absolute Gasteiger partial charge is 0.342 e. The Bertz CT molecular complexity index is 1050. The van der Waals surface area contributed by atoms with E-state index in [1.807, 2.05) is 48.5 Å². The van der Waals surface area contributed by atoms with Gasteiger partial charge in [0.2, 0.25) is 0 Å². The van der Waals surface area contributed by atoms with Gasteiger partial charge in [0.15, 0.2) is 5.78 Å². The number of rotatable bonds is 8. The molecule has 0 aliphatic rings. The number of fused-ring (bicyclic) bond motifs is 1. The van der Waals surface area contributed by atoms with E-state index in [4.69, 9.17) is 4.98 Å². The van der Waals surface area contributed by atoms with Gasteiger partial charge in [0.05, 0.1) is 16.6 Å². The van der Waals surface area contributed by atoms with Gasteiger partial charge in [-0.1, -0.05) is 73.2 Å². The molecular formula is C25H24N2O. The normalized spacial score (nSPS) is 11.0. The van der Waals surface area contributed by atoms with E-state index in [0.29, 0.717) is 11.1 Å². The highest BCUT2D eigenvalue weighted by Gasteiger charge is 2.15. The second kappa shape index (κ2) is 8.66. The number of H-pyrrole nitrogens is 1. The average molecular weight is 368 g/mol. The molecule has 1 N–H and O–H groups in total. The van der Waals surface area contributed by atoms with Gasteiger partial charge in [-0.05, 0) is 37.0 Å². The Morgan fingerprint density at radius 2 is 1.46 bits per heavy atom. The smallest absolute Gasteiger partial charge is 0.195 e. The minimum Gasteiger partial charge on any atom is -0.342 e. The molecule has 0 unspecified atom stereocenters. The Balaban J connectivity index is 1.40. The van der Waals surface area contributed by atoms with Crippen molar-refractivity contribution in [2.24, 2.45) is 0 Å². The summed E-state index contributed by atoms with van der Waals surface area (Å²) in [6.45, 7) is 0. The van der Waals surface area contributed by atoms with Crippen LogP contribution in [0.3, 0.4) is 0 Å². The van der Waals surface area contributed by atoms with Crippen molar-refractivity contribution in [3.63, 3.8) is 0 Å². The third kappa shape index (κ3) is 4.20. The molecule has 3 aromatic carbocycles. The van der Waals surface area contributed by atoms with Crippen molar-refractivity contribution in [3.8, 4) is 0 Å². The van der Waals surface area contributed by atoms with Crippen molar-refractivity contribution in [2.75, 3.05) is 0 Å². The van der Waals surface area contributed by atoms with Crippen molar-refractivity contribution in [2.45, 2.75) is 32.1 Å². The van der Waals surface area contributed by atoms with Gasteiger partial charge >= 0.3 is 0 Å². The number of nitrogens with one attached hydrogen (secondary N) is 1. The van der Waals surface area contributed by atoms with Crippen molar-refractivity contribution >= 4 is 16.8 Å². The van der Waals surface area contributed by atoms with Crippen LogP contribution < -0.4 is 0 Å². The number of para-hydroxylation sites is 1. The van der Waals surface area contributed by atoms with Crippen LogP contribution in [0.15, 0.2) is 78.9 Å². The van der Waals surface area contributed by atoms with Crippen LogP contribution in [0.2, 0.25) is 0 Å². The highest BCUT2D eigenvalue weighted by molar-refractivity contribution is 6.15. The number of hydrogen-bond donors (Lipinski definition) is 1. The molecule has 0 fully saturated rings. The molecule has 1 heterocycles. The molecule has 4 rings (SSSR count). The van der Waals surface area contributed by atoms with E-state index in [2.05, 4.69) is 35.3 Å². The number of aryl methyl sites for hydroxylation is 2. The second-order valence-corrected chi connectivity index (χ2v) is 7.13. The summed E-state index contributed by atoms with van der Waals surface area (Å²) in [6, 6.07) is 25.8. The number of hydrogen-bond acceptors (Lipinski definition) is 2. The standard InChI is InChI=1S/C25H24N2O/c28-25(20-14-7-3-8-15-20)21-16-10-17-22-24(21)27-23(26-22)18-9-2-6-13-19-11-4-1-5-12-19/h1,3-5,7-8,10-12,14-17H,2,6,9,13,18H2,(H,26,27). The number of carbonyl (C=O) groups excluding carboxylic acids is 1. The van der Waals surface area contributed by atoms with Crippen LogP contribution in [0.1, 0.15) is 46.6 Å². The molecule has 1 aromatic heterocycles. The van der Waals surface area contributed by atoms with Crippen molar-refractivity contribution in [1.82, 2.24) is 9.97 Å². The molecule has 4 aromatic rings. The Hall–Kier alpha value is -3.20. The van der Waals surface area contributed by atoms with Gasteiger partial charge in [-0.15, -0.1) is 0 Å². The van der Waals surface area contributed by atoms with E-state index in [-0.39, 0.29) is 5.78 Å². The molecule has 3 nitrogen and oxygen atoms in total. The fourth-order valence-electron chi connectivity index (χ4n) is 3.57. The van der Waals surface area contributed by atoms with Crippen molar-refractivity contribution in [3.05, 3.63) is 101 Å². The van der Waals surface area contributed by atoms with Gasteiger partial charge in [-0.25, -0.2) is 4.98 Å². The van der Waals surface area contributed by atoms with Gasteiger partial charge in [-0.2, -0.15) is 0 Å². The third-order valence-electron chi connectivity index (χ3n) is 5.06. The van der Waals surface area contributed by atoms with Crippen LogP contribution in [0.5, 0.6) is 0 Å². The molecule has 0 saturated heterocycles. The zero-order chi connectivity index (χ0) is 19.2. The molecule has 140 valence electrons. The van der Waals surface area contributed by atoms with Gasteiger partial charge in [-0.3, -0.25) is 4.79 Å². The first-order valence-corrected chi connectivity index (χ1v) is 9.92. The maximum Gasteiger partial charge on any atom is 0.195 e. The lowest BCUT2D eigenvalue weighted by molar-refractivity contribution is 0.104. The lowest BCUT2D eigenvalue weighted by Gasteiger charge is -2.01. The Morgan fingerprint density at radius 1 is 0.750 bits per heavy atom. The highest BCUT2D eigenvalue weighted by atomic mass is 16.1. The Labute approximate surface area is 165 Å². The molecule has 0 aliphatic heterocycles. The van der Waals surface area contributed by atoms with Crippen molar-refractivity contribution in [1.29, 1.82) is 0 Å². The number of carbonyl (C=O) groups is 1. The SMILES string of the molecule is O=C(c1ccccc1)c1cccc2[nH]c(CCCCCc3ccccc3)nc12. The van der Waals surface area contributed by atoms with E-state index >= 15 is 0 Å². The topological polar surface area (TPSA) is 45.8 Å². The number of benzene rings is 3. The summed E-state index contributed by atoms with van der Waals surface area (Å²) >= 11 is 0. The lowest BCUT2D eigenvalue weighted by atomic mass is 10.0. The van der Waals surface area contributed by atoms with Gasteiger partial charge in [0, 0.05) is 12.0 Å². The minimum atomic E-state index is 0.0205. The summed E-state index contributed by atoms with van der Waals surface area (Å²) in [5.41, 5.74) is 4.46. The van der Waals surface area contributed by atoms with E-state index in [9.17, 15) is 4.79 Å². The Kier molecular flexibility index (Phi) is 5.62. The van der Waals surface area contributed by atoms with E-state index in [1.165, 1.54) is 18.4 Å². The second-order valence-electron chi connectivity index (χ2n) is 7.13. The summed E-state index contributed by atoms with van der Waals surface area (Å²) in [6.07, 6.45) is 5.47. The molecule has 0 spiro atoms. The number of aromatic nitrogens is 2.